The van der Waals surface area contributed by atoms with E-state index in [2.05, 4.69) is 4.90 Å². The molecule has 2 aliphatic rings. The SMILES string of the molecule is OCC1(CN2CCC(F)(F)CC2)CC1. The number of rotatable bonds is 3. The summed E-state index contributed by atoms with van der Waals surface area (Å²) in [6.07, 6.45) is 2.07. The summed E-state index contributed by atoms with van der Waals surface area (Å²) in [6.45, 7) is 1.98. The van der Waals surface area contributed by atoms with Gasteiger partial charge in [0.15, 0.2) is 0 Å². The normalized spacial score (nSPS) is 30.2. The minimum absolute atomic E-state index is 0.0193. The van der Waals surface area contributed by atoms with E-state index in [4.69, 9.17) is 5.11 Å². The first-order chi connectivity index (χ1) is 6.55. The number of alkyl halides is 2. The summed E-state index contributed by atoms with van der Waals surface area (Å²) in [5.41, 5.74) is 0.0621. The van der Waals surface area contributed by atoms with Crippen molar-refractivity contribution in [2.24, 2.45) is 5.41 Å². The van der Waals surface area contributed by atoms with Crippen molar-refractivity contribution in [2.45, 2.75) is 31.6 Å². The molecule has 0 aromatic heterocycles. The minimum Gasteiger partial charge on any atom is -0.396 e. The van der Waals surface area contributed by atoms with Gasteiger partial charge in [-0.1, -0.05) is 0 Å². The quantitative estimate of drug-likeness (QED) is 0.754. The zero-order valence-electron chi connectivity index (χ0n) is 8.31. The van der Waals surface area contributed by atoms with E-state index in [1.165, 1.54) is 0 Å². The second kappa shape index (κ2) is 3.42. The lowest BCUT2D eigenvalue weighted by atomic mass is 10.0. The third-order valence-corrected chi connectivity index (χ3v) is 3.44. The molecule has 0 aromatic carbocycles. The minimum atomic E-state index is -2.45. The van der Waals surface area contributed by atoms with Crippen LogP contribution in [0.4, 0.5) is 8.78 Å². The zero-order valence-corrected chi connectivity index (χ0v) is 8.31. The van der Waals surface area contributed by atoms with Crippen molar-refractivity contribution in [3.8, 4) is 0 Å². The number of piperidine rings is 1. The Hall–Kier alpha value is -0.220. The Morgan fingerprint density at radius 3 is 2.07 bits per heavy atom. The molecule has 4 heteroatoms. The van der Waals surface area contributed by atoms with Crippen LogP contribution in [0.25, 0.3) is 0 Å². The number of likely N-dealkylation sites (tertiary alicyclic amines) is 1. The predicted molar refractivity (Wildman–Crippen MR) is 49.4 cm³/mol. The third kappa shape index (κ3) is 2.23. The Morgan fingerprint density at radius 2 is 1.64 bits per heavy atom. The van der Waals surface area contributed by atoms with E-state index in [0.717, 1.165) is 19.4 Å². The van der Waals surface area contributed by atoms with Gasteiger partial charge in [0.1, 0.15) is 0 Å². The summed E-state index contributed by atoms with van der Waals surface area (Å²) in [6, 6.07) is 0. The molecule has 1 N–H and O–H groups in total. The molecule has 1 aliphatic heterocycles. The number of aliphatic hydroxyl groups excluding tert-OH is 1. The van der Waals surface area contributed by atoms with Crippen LogP contribution in [0, 0.1) is 5.41 Å². The fraction of sp³-hybridized carbons (Fsp3) is 1.00. The fourth-order valence-corrected chi connectivity index (χ4v) is 2.06. The molecule has 1 saturated carbocycles. The number of nitrogens with zero attached hydrogens (tertiary/aromatic N) is 1. The first-order valence-electron chi connectivity index (χ1n) is 5.26. The van der Waals surface area contributed by atoms with E-state index in [-0.39, 0.29) is 24.9 Å². The summed E-state index contributed by atoms with van der Waals surface area (Å²) >= 11 is 0. The van der Waals surface area contributed by atoms with E-state index in [1.807, 2.05) is 0 Å². The molecule has 0 radical (unpaired) electrons. The summed E-state index contributed by atoms with van der Waals surface area (Å²) in [5.74, 6) is -2.45. The predicted octanol–water partition coefficient (Wildman–Crippen LogP) is 1.49. The first kappa shape index (κ1) is 10.3. The third-order valence-electron chi connectivity index (χ3n) is 3.44. The van der Waals surface area contributed by atoms with Gasteiger partial charge in [-0.15, -0.1) is 0 Å². The molecule has 2 nitrogen and oxygen atoms in total. The fourth-order valence-electron chi connectivity index (χ4n) is 2.06. The van der Waals surface area contributed by atoms with Crippen LogP contribution in [0.5, 0.6) is 0 Å². The molecule has 0 unspecified atom stereocenters. The van der Waals surface area contributed by atoms with Crippen LogP contribution in [0.2, 0.25) is 0 Å². The summed E-state index contributed by atoms with van der Waals surface area (Å²) in [5, 5.41) is 9.12. The van der Waals surface area contributed by atoms with Gasteiger partial charge in [-0.25, -0.2) is 8.78 Å². The molecule has 1 heterocycles. The smallest absolute Gasteiger partial charge is 0.250 e. The lowest BCUT2D eigenvalue weighted by Gasteiger charge is -2.33. The maximum Gasteiger partial charge on any atom is 0.250 e. The summed E-state index contributed by atoms with van der Waals surface area (Å²) in [4.78, 5) is 2.07. The van der Waals surface area contributed by atoms with Crippen LogP contribution < -0.4 is 0 Å². The molecule has 1 aliphatic carbocycles. The highest BCUT2D eigenvalue weighted by atomic mass is 19.3. The van der Waals surface area contributed by atoms with E-state index < -0.39 is 5.92 Å². The molecule has 14 heavy (non-hydrogen) atoms. The highest BCUT2D eigenvalue weighted by Crippen LogP contribution is 2.46. The second-order valence-corrected chi connectivity index (χ2v) is 4.79. The Balaban J connectivity index is 1.79. The summed E-state index contributed by atoms with van der Waals surface area (Å²) < 4.78 is 25.7. The molecule has 2 fully saturated rings. The Bertz CT molecular complexity index is 206. The van der Waals surface area contributed by atoms with Crippen molar-refractivity contribution in [1.29, 1.82) is 0 Å². The number of hydrogen-bond donors (Lipinski definition) is 1. The Kier molecular flexibility index (Phi) is 2.52. The van der Waals surface area contributed by atoms with Crippen LogP contribution in [0.15, 0.2) is 0 Å². The molecule has 0 spiro atoms. The molecular formula is C10H17F2NO. The molecule has 2 rings (SSSR count). The van der Waals surface area contributed by atoms with Gasteiger partial charge in [0.25, 0.3) is 5.92 Å². The van der Waals surface area contributed by atoms with E-state index >= 15 is 0 Å². The summed E-state index contributed by atoms with van der Waals surface area (Å²) in [7, 11) is 0. The van der Waals surface area contributed by atoms with Crippen LogP contribution >= 0.6 is 0 Å². The van der Waals surface area contributed by atoms with Gasteiger partial charge >= 0.3 is 0 Å². The molecular weight excluding hydrogens is 188 g/mol. The first-order valence-corrected chi connectivity index (χ1v) is 5.26. The topological polar surface area (TPSA) is 23.5 Å². The molecule has 0 bridgehead atoms. The van der Waals surface area contributed by atoms with Gasteiger partial charge in [-0.3, -0.25) is 0 Å². The van der Waals surface area contributed by atoms with Gasteiger partial charge in [0.2, 0.25) is 0 Å². The standard InChI is InChI=1S/C10H17F2NO/c11-10(12)3-5-13(6-4-10)7-9(8-14)1-2-9/h14H,1-8H2. The van der Waals surface area contributed by atoms with Gasteiger partial charge in [0.05, 0.1) is 0 Å². The van der Waals surface area contributed by atoms with Crippen molar-refractivity contribution in [3.05, 3.63) is 0 Å². The van der Waals surface area contributed by atoms with Gasteiger partial charge in [0, 0.05) is 44.5 Å². The average molecular weight is 205 g/mol. The van der Waals surface area contributed by atoms with Crippen molar-refractivity contribution >= 4 is 0 Å². The lowest BCUT2D eigenvalue weighted by molar-refractivity contribution is -0.0593. The van der Waals surface area contributed by atoms with Gasteiger partial charge < -0.3 is 10.0 Å². The molecule has 0 aromatic rings. The Morgan fingerprint density at radius 1 is 1.07 bits per heavy atom. The molecule has 82 valence electrons. The molecule has 1 saturated heterocycles. The molecule has 0 atom stereocenters. The number of hydrogen-bond acceptors (Lipinski definition) is 2. The highest BCUT2D eigenvalue weighted by molar-refractivity contribution is 4.96. The monoisotopic (exact) mass is 205 g/mol. The second-order valence-electron chi connectivity index (χ2n) is 4.79. The lowest BCUT2D eigenvalue weighted by Crippen LogP contribution is -2.42. The average Bonchev–Trinajstić information content (AvgIpc) is 2.90. The van der Waals surface area contributed by atoms with Crippen molar-refractivity contribution < 1.29 is 13.9 Å². The molecule has 0 amide bonds. The maximum absolute atomic E-state index is 12.8. The largest absolute Gasteiger partial charge is 0.396 e. The van der Waals surface area contributed by atoms with E-state index in [1.54, 1.807) is 0 Å². The number of halogens is 2. The highest BCUT2D eigenvalue weighted by Gasteiger charge is 2.44. The van der Waals surface area contributed by atoms with Gasteiger partial charge in [-0.2, -0.15) is 0 Å². The van der Waals surface area contributed by atoms with Crippen molar-refractivity contribution in [3.63, 3.8) is 0 Å². The maximum atomic E-state index is 12.8. The van der Waals surface area contributed by atoms with E-state index in [0.29, 0.717) is 13.1 Å². The van der Waals surface area contributed by atoms with Crippen LogP contribution in [0.3, 0.4) is 0 Å². The Labute approximate surface area is 82.9 Å². The number of aliphatic hydroxyl groups is 1. The van der Waals surface area contributed by atoms with Crippen molar-refractivity contribution in [2.75, 3.05) is 26.2 Å². The van der Waals surface area contributed by atoms with Crippen LogP contribution in [-0.2, 0) is 0 Å². The van der Waals surface area contributed by atoms with Gasteiger partial charge in [-0.05, 0) is 12.8 Å². The van der Waals surface area contributed by atoms with Crippen molar-refractivity contribution in [1.82, 2.24) is 4.90 Å². The zero-order chi connectivity index (χ0) is 10.2. The van der Waals surface area contributed by atoms with Crippen LogP contribution in [0.1, 0.15) is 25.7 Å². The van der Waals surface area contributed by atoms with E-state index in [9.17, 15) is 8.78 Å². The van der Waals surface area contributed by atoms with Crippen LogP contribution in [-0.4, -0.2) is 42.2 Å².